The standard InChI is InChI=1S/C20H39N3O8/c1-9(21)6-23(5)16-11(3)29-14(8-25)19(18(16)28)31-20-15(22-12(4)26)17(27)10(2)13(7-24)30-20/h9-11,13-20,24-25,27-28H,6-8,21H2,1-5H3,(H,22,26)/t9?,10-,11-,13?,14?,15?,16?,17-,18+,19+,20-/m0/s1. The number of carbonyl (C=O) groups is 1. The van der Waals surface area contributed by atoms with Crippen LogP contribution in [0.1, 0.15) is 27.7 Å². The highest BCUT2D eigenvalue weighted by Crippen LogP contribution is 2.32. The summed E-state index contributed by atoms with van der Waals surface area (Å²) in [5, 5.41) is 44.0. The quantitative estimate of drug-likeness (QED) is 0.231. The highest BCUT2D eigenvalue weighted by Gasteiger charge is 2.50. The molecule has 0 spiro atoms. The molecule has 11 nitrogen and oxygen atoms in total. The van der Waals surface area contributed by atoms with Gasteiger partial charge in [0, 0.05) is 25.4 Å². The Morgan fingerprint density at radius 1 is 1.16 bits per heavy atom. The Hall–Kier alpha value is -0.890. The second-order valence-electron chi connectivity index (χ2n) is 8.86. The van der Waals surface area contributed by atoms with Crippen molar-refractivity contribution in [3.8, 4) is 0 Å². The minimum Gasteiger partial charge on any atom is -0.394 e. The summed E-state index contributed by atoms with van der Waals surface area (Å²) in [7, 11) is 1.82. The van der Waals surface area contributed by atoms with Crippen molar-refractivity contribution in [3.05, 3.63) is 0 Å². The summed E-state index contributed by atoms with van der Waals surface area (Å²) in [5.74, 6) is -0.856. The summed E-state index contributed by atoms with van der Waals surface area (Å²) in [6, 6.07) is -1.53. The molecule has 5 unspecified atom stereocenters. The number of aliphatic hydroxyl groups excluding tert-OH is 4. The molecule has 0 aliphatic carbocycles. The van der Waals surface area contributed by atoms with Crippen LogP contribution in [0.25, 0.3) is 0 Å². The molecule has 2 aliphatic heterocycles. The van der Waals surface area contributed by atoms with Gasteiger partial charge in [-0.1, -0.05) is 6.92 Å². The van der Waals surface area contributed by atoms with Crippen molar-refractivity contribution in [2.75, 3.05) is 26.8 Å². The molecular weight excluding hydrogens is 410 g/mol. The Morgan fingerprint density at radius 3 is 2.29 bits per heavy atom. The van der Waals surface area contributed by atoms with Crippen LogP contribution in [0, 0.1) is 5.92 Å². The summed E-state index contributed by atoms with van der Waals surface area (Å²) in [5.41, 5.74) is 5.90. The number of ether oxygens (including phenoxy) is 3. The van der Waals surface area contributed by atoms with Crippen LogP contribution in [0.5, 0.6) is 0 Å². The lowest BCUT2D eigenvalue weighted by Gasteiger charge is -2.50. The normalized spacial score (nSPS) is 42.4. The van der Waals surface area contributed by atoms with Crippen LogP contribution in [0.4, 0.5) is 0 Å². The van der Waals surface area contributed by atoms with Crippen molar-refractivity contribution in [3.63, 3.8) is 0 Å². The zero-order valence-corrected chi connectivity index (χ0v) is 18.9. The van der Waals surface area contributed by atoms with Gasteiger partial charge in [-0.05, 0) is 20.9 Å². The van der Waals surface area contributed by atoms with E-state index >= 15 is 0 Å². The molecule has 11 heteroatoms. The fraction of sp³-hybridized carbons (Fsp3) is 0.950. The second kappa shape index (κ2) is 11.3. The fourth-order valence-corrected chi connectivity index (χ4v) is 4.59. The van der Waals surface area contributed by atoms with E-state index < -0.39 is 73.4 Å². The van der Waals surface area contributed by atoms with E-state index in [9.17, 15) is 25.2 Å². The van der Waals surface area contributed by atoms with Gasteiger partial charge in [-0.2, -0.15) is 0 Å². The molecular formula is C20H39N3O8. The van der Waals surface area contributed by atoms with E-state index in [1.165, 1.54) is 6.92 Å². The topological polar surface area (TPSA) is 167 Å². The third-order valence-electron chi connectivity index (χ3n) is 6.12. The van der Waals surface area contributed by atoms with E-state index in [-0.39, 0.29) is 12.6 Å². The summed E-state index contributed by atoms with van der Waals surface area (Å²) in [6.07, 6.45) is -6.30. The highest BCUT2D eigenvalue weighted by atomic mass is 16.7. The van der Waals surface area contributed by atoms with Crippen LogP contribution < -0.4 is 11.1 Å². The zero-order chi connectivity index (χ0) is 23.5. The van der Waals surface area contributed by atoms with Gasteiger partial charge < -0.3 is 45.7 Å². The number of carbonyl (C=O) groups excluding carboxylic acids is 1. The number of aliphatic hydroxyl groups is 4. The number of amides is 1. The lowest BCUT2D eigenvalue weighted by Crippen LogP contribution is -2.67. The van der Waals surface area contributed by atoms with Crippen LogP contribution >= 0.6 is 0 Å². The molecule has 2 fully saturated rings. The van der Waals surface area contributed by atoms with Gasteiger partial charge in [-0.25, -0.2) is 0 Å². The third-order valence-corrected chi connectivity index (χ3v) is 6.12. The first-order valence-corrected chi connectivity index (χ1v) is 10.8. The Morgan fingerprint density at radius 2 is 1.77 bits per heavy atom. The molecule has 1 amide bonds. The minimum absolute atomic E-state index is 0.132. The SMILES string of the molecule is CC(=O)NC1[C@H](O[C@@H]2C(CO)O[C@@H](C)C(N(C)CC(C)N)[C@H]2O)OC(CO)[C@H](C)[C@@H]1O. The summed E-state index contributed by atoms with van der Waals surface area (Å²) < 4.78 is 17.8. The van der Waals surface area contributed by atoms with E-state index in [0.29, 0.717) is 6.54 Å². The lowest BCUT2D eigenvalue weighted by atomic mass is 9.88. The smallest absolute Gasteiger partial charge is 0.217 e. The van der Waals surface area contributed by atoms with Crippen molar-refractivity contribution < 1.29 is 39.4 Å². The first kappa shape index (κ1) is 26.4. The molecule has 0 saturated carbocycles. The molecule has 0 bridgehead atoms. The average molecular weight is 450 g/mol. The van der Waals surface area contributed by atoms with E-state index in [1.807, 2.05) is 18.9 Å². The number of rotatable bonds is 8. The van der Waals surface area contributed by atoms with E-state index in [4.69, 9.17) is 19.9 Å². The van der Waals surface area contributed by atoms with Crippen molar-refractivity contribution in [1.82, 2.24) is 10.2 Å². The van der Waals surface area contributed by atoms with Gasteiger partial charge in [0.25, 0.3) is 0 Å². The number of hydrogen-bond donors (Lipinski definition) is 6. The molecule has 11 atom stereocenters. The Balaban J connectivity index is 2.28. The molecule has 182 valence electrons. The maximum atomic E-state index is 11.7. The Labute approximate surface area is 183 Å². The van der Waals surface area contributed by atoms with E-state index in [2.05, 4.69) is 5.32 Å². The average Bonchev–Trinajstić information content (AvgIpc) is 2.68. The van der Waals surface area contributed by atoms with Gasteiger partial charge in [-0.15, -0.1) is 0 Å². The Kier molecular flexibility index (Phi) is 9.61. The van der Waals surface area contributed by atoms with E-state index in [0.717, 1.165) is 0 Å². The van der Waals surface area contributed by atoms with Crippen LogP contribution in [0.15, 0.2) is 0 Å². The molecule has 0 radical (unpaired) electrons. The summed E-state index contributed by atoms with van der Waals surface area (Å²) in [6.45, 7) is 6.41. The van der Waals surface area contributed by atoms with Crippen LogP contribution in [-0.2, 0) is 19.0 Å². The number of hydrogen-bond acceptors (Lipinski definition) is 10. The predicted octanol–water partition coefficient (Wildman–Crippen LogP) is -2.62. The van der Waals surface area contributed by atoms with Gasteiger partial charge in [0.15, 0.2) is 6.29 Å². The third kappa shape index (κ3) is 6.12. The number of nitrogens with two attached hydrogens (primary N) is 1. The Bertz CT molecular complexity index is 583. The van der Waals surface area contributed by atoms with Gasteiger partial charge >= 0.3 is 0 Å². The molecule has 2 heterocycles. The van der Waals surface area contributed by atoms with Gasteiger partial charge in [0.1, 0.15) is 24.4 Å². The first-order valence-electron chi connectivity index (χ1n) is 10.8. The minimum atomic E-state index is -1.17. The molecule has 0 aromatic rings. The van der Waals surface area contributed by atoms with Gasteiger partial charge in [-0.3, -0.25) is 9.69 Å². The number of nitrogens with zero attached hydrogens (tertiary/aromatic N) is 1. The van der Waals surface area contributed by atoms with E-state index in [1.54, 1.807) is 13.8 Å². The molecule has 2 saturated heterocycles. The lowest BCUT2D eigenvalue weighted by molar-refractivity contribution is -0.310. The zero-order valence-electron chi connectivity index (χ0n) is 18.9. The largest absolute Gasteiger partial charge is 0.394 e. The van der Waals surface area contributed by atoms with Crippen molar-refractivity contribution in [2.24, 2.45) is 11.7 Å². The van der Waals surface area contributed by atoms with Crippen molar-refractivity contribution in [1.29, 1.82) is 0 Å². The molecule has 7 N–H and O–H groups in total. The maximum absolute atomic E-state index is 11.7. The van der Waals surface area contributed by atoms with Gasteiger partial charge in [0.2, 0.25) is 5.91 Å². The second-order valence-corrected chi connectivity index (χ2v) is 8.86. The maximum Gasteiger partial charge on any atom is 0.217 e. The number of nitrogens with one attached hydrogen (secondary N) is 1. The van der Waals surface area contributed by atoms with Crippen LogP contribution in [0.2, 0.25) is 0 Å². The molecule has 31 heavy (non-hydrogen) atoms. The molecule has 0 aromatic carbocycles. The van der Waals surface area contributed by atoms with Crippen molar-refractivity contribution in [2.45, 2.75) is 88.7 Å². The fourth-order valence-electron chi connectivity index (χ4n) is 4.59. The summed E-state index contributed by atoms with van der Waals surface area (Å²) in [4.78, 5) is 13.6. The van der Waals surface area contributed by atoms with Crippen LogP contribution in [-0.4, -0.2) is 119 Å². The molecule has 0 aromatic heterocycles. The summed E-state index contributed by atoms with van der Waals surface area (Å²) >= 11 is 0. The molecule has 2 rings (SSSR count). The van der Waals surface area contributed by atoms with Crippen LogP contribution in [0.3, 0.4) is 0 Å². The predicted molar refractivity (Wildman–Crippen MR) is 111 cm³/mol. The number of likely N-dealkylation sites (N-methyl/N-ethyl adjacent to an activating group) is 1. The first-order chi connectivity index (χ1) is 14.5. The van der Waals surface area contributed by atoms with Gasteiger partial charge in [0.05, 0.1) is 37.6 Å². The monoisotopic (exact) mass is 449 g/mol. The van der Waals surface area contributed by atoms with Crippen molar-refractivity contribution >= 4 is 5.91 Å². The highest BCUT2D eigenvalue weighted by molar-refractivity contribution is 5.73. The molecule has 2 aliphatic rings.